The Bertz CT molecular complexity index is 2180. The van der Waals surface area contributed by atoms with Gasteiger partial charge in [-0.2, -0.15) is 10.2 Å². The highest BCUT2D eigenvalue weighted by Gasteiger charge is 2.21. The fourth-order valence-electron chi connectivity index (χ4n) is 5.70. The van der Waals surface area contributed by atoms with Crippen molar-refractivity contribution in [3.05, 3.63) is 95.1 Å². The first-order valence-electron chi connectivity index (χ1n) is 15.5. The van der Waals surface area contributed by atoms with Crippen molar-refractivity contribution in [2.45, 2.75) is 60.8 Å². The zero-order valence-electron chi connectivity index (χ0n) is 27.0. The number of hydrogen-bond donors (Lipinski definition) is 2. The number of anilines is 2. The van der Waals surface area contributed by atoms with E-state index in [1.807, 2.05) is 79.3 Å². The summed E-state index contributed by atoms with van der Waals surface area (Å²) in [5.74, 6) is -0.0283. The number of allylic oxidation sites excluding steroid dienone is 2. The van der Waals surface area contributed by atoms with Crippen LogP contribution in [0, 0.1) is 13.8 Å². The molecule has 0 aliphatic carbocycles. The predicted molar refractivity (Wildman–Crippen MR) is 180 cm³/mol. The molecule has 0 spiro atoms. The molecule has 0 atom stereocenters. The van der Waals surface area contributed by atoms with Gasteiger partial charge in [0, 0.05) is 31.7 Å². The molecule has 13 heteroatoms. The summed E-state index contributed by atoms with van der Waals surface area (Å²) in [5, 5.41) is 14.7. The quantitative estimate of drug-likeness (QED) is 0.144. The SMILES string of the molecule is CCn1nc(C)cc1C(=O)Nc1nc2ccccc2n1C/C=C/Cn1c(NC(=O)c2cc(C)nn2CC)nc2c(C(C)=O)cccc21. The number of benzene rings is 2. The van der Waals surface area contributed by atoms with Crippen LogP contribution in [0.3, 0.4) is 0 Å². The van der Waals surface area contributed by atoms with Gasteiger partial charge >= 0.3 is 0 Å². The maximum Gasteiger partial charge on any atom is 0.276 e. The molecule has 0 aliphatic rings. The number of para-hydroxylation sites is 3. The Morgan fingerprint density at radius 2 is 1.26 bits per heavy atom. The Balaban J connectivity index is 1.30. The molecule has 4 aromatic heterocycles. The average Bonchev–Trinajstić information content (AvgIpc) is 3.81. The molecule has 2 aromatic carbocycles. The second kappa shape index (κ2) is 12.9. The van der Waals surface area contributed by atoms with Gasteiger partial charge in [0.1, 0.15) is 16.9 Å². The minimum atomic E-state index is -0.345. The van der Waals surface area contributed by atoms with Crippen LogP contribution in [0.4, 0.5) is 11.9 Å². The van der Waals surface area contributed by atoms with Crippen molar-refractivity contribution in [2.24, 2.45) is 0 Å². The number of aromatic nitrogens is 8. The summed E-state index contributed by atoms with van der Waals surface area (Å²) >= 11 is 0. The molecule has 0 bridgehead atoms. The number of amides is 2. The van der Waals surface area contributed by atoms with Gasteiger partial charge in [-0.1, -0.05) is 30.4 Å². The molecule has 240 valence electrons. The number of aryl methyl sites for hydroxylation is 4. The third-order valence-corrected chi connectivity index (χ3v) is 7.87. The smallest absolute Gasteiger partial charge is 0.276 e. The number of imidazole rings is 2. The Hall–Kier alpha value is -5.85. The van der Waals surface area contributed by atoms with E-state index in [0.717, 1.165) is 22.4 Å². The van der Waals surface area contributed by atoms with Crippen molar-refractivity contribution in [2.75, 3.05) is 10.6 Å². The van der Waals surface area contributed by atoms with E-state index in [0.29, 0.717) is 66.1 Å². The number of carbonyl (C=O) groups is 3. The number of carbonyl (C=O) groups excluding carboxylic acids is 3. The van der Waals surface area contributed by atoms with Gasteiger partial charge in [-0.3, -0.25) is 34.4 Å². The molecule has 6 rings (SSSR count). The number of ketones is 1. The van der Waals surface area contributed by atoms with Gasteiger partial charge in [-0.05, 0) is 71.0 Å². The molecule has 6 aromatic rings. The monoisotopic (exact) mass is 632 g/mol. The highest BCUT2D eigenvalue weighted by atomic mass is 16.2. The summed E-state index contributed by atoms with van der Waals surface area (Å²) < 4.78 is 7.10. The zero-order chi connectivity index (χ0) is 33.2. The molecular formula is C34H36N10O3. The molecular weight excluding hydrogens is 596 g/mol. The Labute approximate surface area is 270 Å². The fraction of sp³-hybridized carbons (Fsp3) is 0.265. The van der Waals surface area contributed by atoms with Crippen molar-refractivity contribution in [3.63, 3.8) is 0 Å². The van der Waals surface area contributed by atoms with Crippen LogP contribution < -0.4 is 10.6 Å². The topological polar surface area (TPSA) is 147 Å². The van der Waals surface area contributed by atoms with Gasteiger partial charge in [0.25, 0.3) is 11.8 Å². The van der Waals surface area contributed by atoms with E-state index in [-0.39, 0.29) is 17.6 Å². The Morgan fingerprint density at radius 1 is 0.723 bits per heavy atom. The van der Waals surface area contributed by atoms with E-state index in [1.165, 1.54) is 6.92 Å². The summed E-state index contributed by atoms with van der Waals surface area (Å²) in [5.41, 5.74) is 5.69. The number of Topliss-reactive ketones (excluding diaryl/α,β-unsaturated/α-hetero) is 1. The van der Waals surface area contributed by atoms with Crippen LogP contribution >= 0.6 is 0 Å². The van der Waals surface area contributed by atoms with Crippen LogP contribution in [0.15, 0.2) is 66.7 Å². The fourth-order valence-corrected chi connectivity index (χ4v) is 5.70. The van der Waals surface area contributed by atoms with Crippen LogP contribution in [0.5, 0.6) is 0 Å². The highest BCUT2D eigenvalue weighted by Crippen LogP contribution is 2.25. The zero-order valence-corrected chi connectivity index (χ0v) is 27.0. The average molecular weight is 633 g/mol. The van der Waals surface area contributed by atoms with Crippen molar-refractivity contribution in [1.82, 2.24) is 38.7 Å². The van der Waals surface area contributed by atoms with Crippen molar-refractivity contribution < 1.29 is 14.4 Å². The number of nitrogens with zero attached hydrogens (tertiary/aromatic N) is 8. The second-order valence-electron chi connectivity index (χ2n) is 11.2. The van der Waals surface area contributed by atoms with E-state index in [1.54, 1.807) is 33.6 Å². The first kappa shape index (κ1) is 31.1. The molecule has 2 N–H and O–H groups in total. The van der Waals surface area contributed by atoms with E-state index in [2.05, 4.69) is 20.8 Å². The third-order valence-electron chi connectivity index (χ3n) is 7.87. The number of rotatable bonds is 11. The van der Waals surface area contributed by atoms with Crippen LogP contribution in [0.25, 0.3) is 22.1 Å². The van der Waals surface area contributed by atoms with Crippen molar-refractivity contribution in [3.8, 4) is 0 Å². The summed E-state index contributed by atoms with van der Waals surface area (Å²) in [6.07, 6.45) is 3.92. The lowest BCUT2D eigenvalue weighted by Gasteiger charge is -2.10. The van der Waals surface area contributed by atoms with Gasteiger partial charge in [-0.15, -0.1) is 0 Å². The summed E-state index contributed by atoms with van der Waals surface area (Å²) in [7, 11) is 0. The molecule has 0 fully saturated rings. The van der Waals surface area contributed by atoms with Gasteiger partial charge in [-0.25, -0.2) is 9.97 Å². The van der Waals surface area contributed by atoms with Gasteiger partial charge < -0.3 is 9.13 Å². The van der Waals surface area contributed by atoms with Crippen LogP contribution in [0.2, 0.25) is 0 Å². The minimum absolute atomic E-state index is 0.118. The lowest BCUT2D eigenvalue weighted by Crippen LogP contribution is -2.20. The molecule has 47 heavy (non-hydrogen) atoms. The molecule has 0 aliphatic heterocycles. The third kappa shape index (κ3) is 6.07. The standard InChI is InChI=1S/C34H36N10O3/c1-6-43-28(19-21(3)39-43)31(46)37-33-35-25-14-8-9-15-26(25)41(33)17-10-11-18-42-27-16-12-13-24(23(5)45)30(27)36-34(42)38-32(47)29-20-22(4)40-44(29)7-2/h8-16,19-20H,6-7,17-18H2,1-5H3,(H,35,37,46)(H,36,38,47)/b11-10+. The first-order chi connectivity index (χ1) is 22.7. The van der Waals surface area contributed by atoms with E-state index >= 15 is 0 Å². The predicted octanol–water partition coefficient (Wildman–Crippen LogP) is 5.40. The molecule has 4 heterocycles. The largest absolute Gasteiger partial charge is 0.306 e. The van der Waals surface area contributed by atoms with E-state index in [9.17, 15) is 14.4 Å². The Kier molecular flexibility index (Phi) is 8.53. The van der Waals surface area contributed by atoms with Crippen molar-refractivity contribution >= 4 is 51.6 Å². The summed E-state index contributed by atoms with van der Waals surface area (Å²) in [4.78, 5) is 48.5. The minimum Gasteiger partial charge on any atom is -0.306 e. The summed E-state index contributed by atoms with van der Waals surface area (Å²) in [6, 6.07) is 16.6. The van der Waals surface area contributed by atoms with Gasteiger partial charge in [0.05, 0.1) is 27.9 Å². The lowest BCUT2D eigenvalue weighted by molar-refractivity contribution is 0.100. The molecule has 0 saturated heterocycles. The first-order valence-corrected chi connectivity index (χ1v) is 15.5. The molecule has 0 radical (unpaired) electrons. The lowest BCUT2D eigenvalue weighted by atomic mass is 10.1. The molecule has 13 nitrogen and oxygen atoms in total. The Morgan fingerprint density at radius 3 is 1.83 bits per heavy atom. The number of hydrogen-bond acceptors (Lipinski definition) is 7. The number of fused-ring (bicyclic) bond motifs is 2. The van der Waals surface area contributed by atoms with Gasteiger partial charge in [0.2, 0.25) is 11.9 Å². The summed E-state index contributed by atoms with van der Waals surface area (Å²) in [6.45, 7) is 10.9. The molecule has 0 saturated carbocycles. The van der Waals surface area contributed by atoms with E-state index < -0.39 is 0 Å². The van der Waals surface area contributed by atoms with Gasteiger partial charge in [0.15, 0.2) is 5.78 Å². The van der Waals surface area contributed by atoms with Crippen LogP contribution in [-0.4, -0.2) is 56.3 Å². The highest BCUT2D eigenvalue weighted by molar-refractivity contribution is 6.07. The second-order valence-corrected chi connectivity index (χ2v) is 11.2. The molecule has 0 unspecified atom stereocenters. The normalized spacial score (nSPS) is 11.6. The van der Waals surface area contributed by atoms with Crippen molar-refractivity contribution in [1.29, 1.82) is 0 Å². The van der Waals surface area contributed by atoms with Crippen LogP contribution in [0.1, 0.15) is 63.5 Å². The number of nitrogens with one attached hydrogen (secondary N) is 2. The maximum absolute atomic E-state index is 13.4. The maximum atomic E-state index is 13.4. The van der Waals surface area contributed by atoms with E-state index in [4.69, 9.17) is 9.97 Å². The van der Waals surface area contributed by atoms with Crippen LogP contribution in [-0.2, 0) is 26.2 Å². The molecule has 2 amide bonds.